The SMILES string of the molecule is [Si]N[Si]CS. The first kappa shape index (κ1) is 5.74. The van der Waals surface area contributed by atoms with E-state index in [-0.39, 0.29) is 0 Å². The van der Waals surface area contributed by atoms with Crippen molar-refractivity contribution >= 4 is 32.7 Å². The zero-order valence-corrected chi connectivity index (χ0v) is 5.55. The molecule has 0 saturated carbocycles. The minimum atomic E-state index is 0.725. The highest BCUT2D eigenvalue weighted by molar-refractivity contribution is 7.81. The molecule has 5 heavy (non-hydrogen) atoms. The van der Waals surface area contributed by atoms with Crippen LogP contribution in [0.5, 0.6) is 0 Å². The Balaban J connectivity index is 2.19. The van der Waals surface area contributed by atoms with Crippen LogP contribution in [0.4, 0.5) is 0 Å². The fourth-order valence-electron chi connectivity index (χ4n) is 0.0395. The molecular weight excluding hydrogens is 114 g/mol. The average molecular weight is 118 g/mol. The van der Waals surface area contributed by atoms with Gasteiger partial charge in [-0.25, -0.2) is 0 Å². The van der Waals surface area contributed by atoms with Gasteiger partial charge in [-0.15, -0.1) is 0 Å². The lowest BCUT2D eigenvalue weighted by Gasteiger charge is -1.80. The van der Waals surface area contributed by atoms with E-state index in [1.807, 2.05) is 0 Å². The van der Waals surface area contributed by atoms with Crippen LogP contribution >= 0.6 is 12.6 Å². The van der Waals surface area contributed by atoms with Crippen LogP contribution in [0.15, 0.2) is 0 Å². The van der Waals surface area contributed by atoms with E-state index in [9.17, 15) is 0 Å². The number of hydrogen-bond acceptors (Lipinski definition) is 2. The van der Waals surface area contributed by atoms with E-state index in [2.05, 4.69) is 27.7 Å². The molecule has 0 saturated heterocycles. The van der Waals surface area contributed by atoms with Gasteiger partial charge in [0.2, 0.25) is 0 Å². The summed E-state index contributed by atoms with van der Waals surface area (Å²) in [6.45, 7) is 0. The molecule has 1 nitrogen and oxygen atoms in total. The van der Waals surface area contributed by atoms with Gasteiger partial charge in [-0.1, -0.05) is 0 Å². The summed E-state index contributed by atoms with van der Waals surface area (Å²) in [6, 6.07) is 0. The van der Waals surface area contributed by atoms with E-state index in [0.717, 1.165) is 15.1 Å². The van der Waals surface area contributed by atoms with Crippen LogP contribution in [-0.4, -0.2) is 25.5 Å². The highest BCUT2D eigenvalue weighted by Gasteiger charge is 1.70. The molecular formula is CH4NSSi2. The molecule has 0 fully saturated rings. The van der Waals surface area contributed by atoms with Crippen molar-refractivity contribution < 1.29 is 0 Å². The van der Waals surface area contributed by atoms with Crippen LogP contribution in [0.3, 0.4) is 0 Å². The van der Waals surface area contributed by atoms with Crippen LogP contribution in [0.2, 0.25) is 0 Å². The molecule has 0 aliphatic heterocycles. The predicted octanol–water partition coefficient (Wildman–Crippen LogP) is -0.834. The van der Waals surface area contributed by atoms with Crippen molar-refractivity contribution in [2.45, 2.75) is 0 Å². The first-order valence-electron chi connectivity index (χ1n) is 1.17. The monoisotopic (exact) mass is 118 g/mol. The van der Waals surface area contributed by atoms with Gasteiger partial charge >= 0.3 is 0 Å². The van der Waals surface area contributed by atoms with Gasteiger partial charge in [0.05, 0.1) is 0 Å². The van der Waals surface area contributed by atoms with Crippen LogP contribution in [0.25, 0.3) is 0 Å². The van der Waals surface area contributed by atoms with Crippen molar-refractivity contribution in [3.63, 3.8) is 0 Å². The Morgan fingerprint density at radius 3 is 2.60 bits per heavy atom. The molecule has 0 amide bonds. The van der Waals surface area contributed by atoms with Crippen molar-refractivity contribution in [3.05, 3.63) is 0 Å². The molecule has 27 valence electrons. The maximum absolute atomic E-state index is 3.92. The molecule has 0 aromatic carbocycles. The van der Waals surface area contributed by atoms with E-state index >= 15 is 0 Å². The van der Waals surface area contributed by atoms with Crippen molar-refractivity contribution in [1.82, 2.24) is 4.65 Å². The van der Waals surface area contributed by atoms with Crippen LogP contribution < -0.4 is 4.65 Å². The highest BCUT2D eigenvalue weighted by atomic mass is 32.1. The topological polar surface area (TPSA) is 12.0 Å². The second-order valence-electron chi connectivity index (χ2n) is 0.460. The number of rotatable bonds is 2. The largest absolute Gasteiger partial charge is 0.364 e. The van der Waals surface area contributed by atoms with Gasteiger partial charge in [0.1, 0.15) is 20.1 Å². The molecule has 0 rings (SSSR count). The summed E-state index contributed by atoms with van der Waals surface area (Å²) in [5.41, 5.74) is 0. The molecule has 0 aromatic heterocycles. The third kappa shape index (κ3) is 4.74. The summed E-state index contributed by atoms with van der Waals surface area (Å²) in [5, 5.41) is 0.906. The van der Waals surface area contributed by atoms with Gasteiger partial charge in [0, 0.05) is 0 Å². The fraction of sp³-hybridized carbons (Fsp3) is 1.00. The quantitative estimate of drug-likeness (QED) is 0.356. The van der Waals surface area contributed by atoms with E-state index in [0.29, 0.717) is 0 Å². The second kappa shape index (κ2) is 4.74. The smallest absolute Gasteiger partial charge is 0.141 e. The lowest BCUT2D eigenvalue weighted by molar-refractivity contribution is 1.61. The second-order valence-corrected chi connectivity index (χ2v) is 3.08. The standard InChI is InChI=1S/CH4NSSi2/c3-1-5-2-4/h2-3H,1H2. The minimum Gasteiger partial charge on any atom is -0.364 e. The maximum atomic E-state index is 3.92. The Morgan fingerprint density at radius 1 is 2.00 bits per heavy atom. The molecule has 0 atom stereocenters. The molecule has 0 unspecified atom stereocenters. The van der Waals surface area contributed by atoms with Gasteiger partial charge in [-0.3, -0.25) is 0 Å². The molecule has 0 spiro atoms. The first-order valence-corrected chi connectivity index (χ1v) is 3.51. The molecule has 4 heteroatoms. The Labute approximate surface area is 43.3 Å². The lowest BCUT2D eigenvalue weighted by atomic mass is 11.9. The lowest BCUT2D eigenvalue weighted by Crippen LogP contribution is -2.15. The Bertz CT molecular complexity index is 17.1. The predicted molar refractivity (Wildman–Crippen MR) is 28.5 cm³/mol. The number of hydrogen-bond donors (Lipinski definition) is 2. The Morgan fingerprint density at radius 2 is 2.60 bits per heavy atom. The van der Waals surface area contributed by atoms with E-state index in [4.69, 9.17) is 0 Å². The molecule has 0 aliphatic carbocycles. The molecule has 0 bridgehead atoms. The van der Waals surface area contributed by atoms with Crippen LogP contribution in [-0.2, 0) is 0 Å². The summed E-state index contributed by atoms with van der Waals surface area (Å²) in [7, 11) is 3.79. The van der Waals surface area contributed by atoms with E-state index in [1.165, 1.54) is 0 Å². The third-order valence-electron chi connectivity index (χ3n) is 0.167. The minimum absolute atomic E-state index is 0.725. The maximum Gasteiger partial charge on any atom is 0.141 e. The van der Waals surface area contributed by atoms with E-state index < -0.39 is 0 Å². The molecule has 0 heterocycles. The van der Waals surface area contributed by atoms with Crippen molar-refractivity contribution in [3.8, 4) is 0 Å². The van der Waals surface area contributed by atoms with Crippen molar-refractivity contribution in [1.29, 1.82) is 0 Å². The van der Waals surface area contributed by atoms with Crippen molar-refractivity contribution in [2.24, 2.45) is 0 Å². The summed E-state index contributed by atoms with van der Waals surface area (Å²) < 4.78 is 2.77. The number of nitrogens with one attached hydrogen (secondary N) is 1. The summed E-state index contributed by atoms with van der Waals surface area (Å²) in [6.07, 6.45) is 0. The van der Waals surface area contributed by atoms with Crippen molar-refractivity contribution in [2.75, 3.05) is 5.38 Å². The summed E-state index contributed by atoms with van der Waals surface area (Å²) >= 11 is 3.92. The highest BCUT2D eigenvalue weighted by Crippen LogP contribution is 1.58. The summed E-state index contributed by atoms with van der Waals surface area (Å²) in [4.78, 5) is 0. The normalized spacial score (nSPS) is 8.40. The molecule has 1 N–H and O–H groups in total. The van der Waals surface area contributed by atoms with Gasteiger partial charge in [0.25, 0.3) is 0 Å². The van der Waals surface area contributed by atoms with Crippen LogP contribution in [0.1, 0.15) is 0 Å². The van der Waals surface area contributed by atoms with Gasteiger partial charge in [-0.2, -0.15) is 12.6 Å². The number of thiol groups is 1. The van der Waals surface area contributed by atoms with Gasteiger partial charge < -0.3 is 4.65 Å². The molecule has 0 aromatic rings. The van der Waals surface area contributed by atoms with Crippen LogP contribution in [0, 0.1) is 0 Å². The Kier molecular flexibility index (Phi) is 5.45. The molecule has 5 radical (unpaired) electrons. The first-order chi connectivity index (χ1) is 2.41. The average Bonchev–Trinajstić information content (AvgIpc) is 1.41. The Hall–Kier alpha value is 0.744. The van der Waals surface area contributed by atoms with Gasteiger partial charge in [0.15, 0.2) is 0 Å². The third-order valence-corrected chi connectivity index (χ3v) is 1.51. The molecule has 0 aliphatic rings. The fourth-order valence-corrected chi connectivity index (χ4v) is 1.07. The zero-order chi connectivity index (χ0) is 4.12. The summed E-state index contributed by atoms with van der Waals surface area (Å²) in [5.74, 6) is 0. The van der Waals surface area contributed by atoms with Gasteiger partial charge in [-0.05, 0) is 5.38 Å². The van der Waals surface area contributed by atoms with E-state index in [1.54, 1.807) is 0 Å². The zero-order valence-electron chi connectivity index (χ0n) is 2.65.